The first-order chi connectivity index (χ1) is 7.51. The minimum atomic E-state index is 0.156. The first kappa shape index (κ1) is 12.5. The van der Waals surface area contributed by atoms with E-state index in [1.54, 1.807) is 0 Å². The van der Waals surface area contributed by atoms with E-state index < -0.39 is 0 Å². The van der Waals surface area contributed by atoms with Gasteiger partial charge in [0.25, 0.3) is 0 Å². The number of hydrogen-bond acceptors (Lipinski definition) is 3. The number of aromatic nitrogens is 2. The molecule has 1 atom stereocenters. The lowest BCUT2D eigenvalue weighted by atomic mass is 10.1. The van der Waals surface area contributed by atoms with Gasteiger partial charge in [-0.05, 0) is 32.8 Å². The average molecular weight is 224 g/mol. The van der Waals surface area contributed by atoms with Gasteiger partial charge in [-0.15, -0.1) is 0 Å². The van der Waals surface area contributed by atoms with Gasteiger partial charge < -0.3 is 10.9 Å². The summed E-state index contributed by atoms with van der Waals surface area (Å²) in [6.45, 7) is 8.17. The van der Waals surface area contributed by atoms with E-state index in [2.05, 4.69) is 24.1 Å². The molecule has 1 rings (SSSR count). The Labute approximate surface area is 95.9 Å². The fraction of sp³-hybridized carbons (Fsp3) is 0.636. The van der Waals surface area contributed by atoms with Gasteiger partial charge in [0.15, 0.2) is 0 Å². The highest BCUT2D eigenvalue weighted by atomic mass is 16.4. The highest BCUT2D eigenvalue weighted by Crippen LogP contribution is 2.21. The third-order valence-electron chi connectivity index (χ3n) is 3.08. The molecule has 0 bridgehead atoms. The zero-order valence-electron chi connectivity index (χ0n) is 10.4. The third kappa shape index (κ3) is 2.35. The van der Waals surface area contributed by atoms with E-state index in [4.69, 9.17) is 10.9 Å². The Bertz CT molecular complexity index is 395. The molecule has 0 saturated carbocycles. The number of oxime groups is 1. The lowest BCUT2D eigenvalue weighted by molar-refractivity contribution is 0.314. The van der Waals surface area contributed by atoms with Crippen LogP contribution in [0.3, 0.4) is 0 Å². The molecule has 1 aromatic heterocycles. The van der Waals surface area contributed by atoms with Crippen LogP contribution in [0.5, 0.6) is 0 Å². The monoisotopic (exact) mass is 224 g/mol. The molecule has 3 N–H and O–H groups in total. The summed E-state index contributed by atoms with van der Waals surface area (Å²) in [5, 5.41) is 16.1. The maximum atomic E-state index is 8.59. The van der Waals surface area contributed by atoms with Gasteiger partial charge in [0.1, 0.15) is 5.84 Å². The summed E-state index contributed by atoms with van der Waals surface area (Å²) in [6.07, 6.45) is 1.42. The lowest BCUT2D eigenvalue weighted by Crippen LogP contribution is -2.21. The number of amidine groups is 1. The maximum Gasteiger partial charge on any atom is 0.141 e. The third-order valence-corrected chi connectivity index (χ3v) is 3.08. The van der Waals surface area contributed by atoms with Crippen molar-refractivity contribution in [1.29, 1.82) is 0 Å². The van der Waals surface area contributed by atoms with Crippen molar-refractivity contribution in [2.75, 3.05) is 0 Å². The Morgan fingerprint density at radius 2 is 2.12 bits per heavy atom. The highest BCUT2D eigenvalue weighted by Gasteiger charge is 2.16. The number of nitrogens with two attached hydrogens (primary N) is 1. The Kier molecular flexibility index (Phi) is 3.93. The summed E-state index contributed by atoms with van der Waals surface area (Å²) in [6, 6.07) is 0.156. The summed E-state index contributed by atoms with van der Waals surface area (Å²) in [5.74, 6) is 0.247. The van der Waals surface area contributed by atoms with Crippen LogP contribution in [0.4, 0.5) is 0 Å². The Hall–Kier alpha value is -1.52. The Morgan fingerprint density at radius 3 is 2.50 bits per heavy atom. The van der Waals surface area contributed by atoms with E-state index in [1.165, 1.54) is 5.56 Å². The van der Waals surface area contributed by atoms with Gasteiger partial charge in [-0.25, -0.2) is 0 Å². The first-order valence-corrected chi connectivity index (χ1v) is 5.49. The van der Waals surface area contributed by atoms with Crippen LogP contribution >= 0.6 is 0 Å². The molecule has 0 amide bonds. The second-order valence-corrected chi connectivity index (χ2v) is 4.10. The molecular weight excluding hydrogens is 204 g/mol. The molecule has 16 heavy (non-hydrogen) atoms. The van der Waals surface area contributed by atoms with E-state index in [0.29, 0.717) is 6.42 Å². The van der Waals surface area contributed by atoms with E-state index in [-0.39, 0.29) is 11.9 Å². The Morgan fingerprint density at radius 1 is 1.50 bits per heavy atom. The molecule has 1 heterocycles. The van der Waals surface area contributed by atoms with E-state index in [0.717, 1.165) is 17.8 Å². The van der Waals surface area contributed by atoms with Gasteiger partial charge in [0.2, 0.25) is 0 Å². The zero-order valence-corrected chi connectivity index (χ0v) is 10.4. The molecule has 1 aromatic rings. The van der Waals surface area contributed by atoms with E-state index in [9.17, 15) is 0 Å². The summed E-state index contributed by atoms with van der Waals surface area (Å²) < 4.78 is 1.97. The zero-order chi connectivity index (χ0) is 12.3. The molecular formula is C11H20N4O. The molecule has 0 radical (unpaired) electrons. The van der Waals surface area contributed by atoms with Crippen molar-refractivity contribution in [3.05, 3.63) is 17.0 Å². The van der Waals surface area contributed by atoms with Crippen LogP contribution in [0.1, 0.15) is 42.8 Å². The normalized spacial score (nSPS) is 14.1. The van der Waals surface area contributed by atoms with Crippen LogP contribution in [0.2, 0.25) is 0 Å². The number of rotatable bonds is 4. The summed E-state index contributed by atoms with van der Waals surface area (Å²) in [4.78, 5) is 0. The van der Waals surface area contributed by atoms with Crippen molar-refractivity contribution >= 4 is 5.84 Å². The van der Waals surface area contributed by atoms with Crippen LogP contribution in [0.15, 0.2) is 5.16 Å². The minimum Gasteiger partial charge on any atom is -0.409 e. The predicted octanol–water partition coefficient (Wildman–Crippen LogP) is 1.90. The Balaban J connectivity index is 3.00. The second kappa shape index (κ2) is 5.01. The van der Waals surface area contributed by atoms with Gasteiger partial charge in [0, 0.05) is 12.1 Å². The van der Waals surface area contributed by atoms with Gasteiger partial charge >= 0.3 is 0 Å². The number of hydrogen-bond donors (Lipinski definition) is 2. The van der Waals surface area contributed by atoms with Crippen molar-refractivity contribution < 1.29 is 5.21 Å². The van der Waals surface area contributed by atoms with Crippen LogP contribution < -0.4 is 5.73 Å². The maximum absolute atomic E-state index is 8.59. The fourth-order valence-electron chi connectivity index (χ4n) is 1.79. The predicted molar refractivity (Wildman–Crippen MR) is 63.8 cm³/mol. The molecule has 0 aliphatic carbocycles. The SMILES string of the molecule is CCC(CC(N)=NO)n1nc(C)c(C)c1C. The molecule has 0 aromatic carbocycles. The lowest BCUT2D eigenvalue weighted by Gasteiger charge is -2.16. The van der Waals surface area contributed by atoms with Gasteiger partial charge in [-0.1, -0.05) is 12.1 Å². The molecule has 5 heteroatoms. The standard InChI is InChI=1S/C11H20N4O/c1-5-10(6-11(12)14-16)15-9(4)7(2)8(3)13-15/h10,16H,5-6H2,1-4H3,(H2,12,14). The molecule has 90 valence electrons. The summed E-state index contributed by atoms with van der Waals surface area (Å²) >= 11 is 0. The fourth-order valence-corrected chi connectivity index (χ4v) is 1.79. The topological polar surface area (TPSA) is 76.4 Å². The summed E-state index contributed by atoms with van der Waals surface area (Å²) in [5.41, 5.74) is 8.93. The van der Waals surface area contributed by atoms with Gasteiger partial charge in [-0.2, -0.15) is 5.10 Å². The van der Waals surface area contributed by atoms with Gasteiger partial charge in [-0.3, -0.25) is 4.68 Å². The molecule has 0 saturated heterocycles. The van der Waals surface area contributed by atoms with Crippen LogP contribution in [-0.4, -0.2) is 20.8 Å². The van der Waals surface area contributed by atoms with Crippen molar-refractivity contribution in [2.24, 2.45) is 10.9 Å². The average Bonchev–Trinajstić information content (AvgIpc) is 2.53. The van der Waals surface area contributed by atoms with Crippen molar-refractivity contribution in [3.8, 4) is 0 Å². The molecule has 1 unspecified atom stereocenters. The second-order valence-electron chi connectivity index (χ2n) is 4.10. The van der Waals surface area contributed by atoms with Crippen LogP contribution in [0.25, 0.3) is 0 Å². The van der Waals surface area contributed by atoms with Crippen molar-refractivity contribution in [3.63, 3.8) is 0 Å². The smallest absolute Gasteiger partial charge is 0.141 e. The quantitative estimate of drug-likeness (QED) is 0.355. The van der Waals surface area contributed by atoms with Crippen LogP contribution in [0, 0.1) is 20.8 Å². The largest absolute Gasteiger partial charge is 0.409 e. The van der Waals surface area contributed by atoms with Crippen molar-refractivity contribution in [2.45, 2.75) is 46.6 Å². The highest BCUT2D eigenvalue weighted by molar-refractivity contribution is 5.79. The molecule has 5 nitrogen and oxygen atoms in total. The molecule has 0 aliphatic rings. The van der Waals surface area contributed by atoms with E-state index >= 15 is 0 Å². The molecule has 0 fully saturated rings. The first-order valence-electron chi connectivity index (χ1n) is 5.49. The van der Waals surface area contributed by atoms with Crippen molar-refractivity contribution in [1.82, 2.24) is 9.78 Å². The summed E-state index contributed by atoms with van der Waals surface area (Å²) in [7, 11) is 0. The van der Waals surface area contributed by atoms with E-state index in [1.807, 2.05) is 18.5 Å². The minimum absolute atomic E-state index is 0.156. The molecule has 0 spiro atoms. The van der Waals surface area contributed by atoms with Crippen LogP contribution in [-0.2, 0) is 0 Å². The van der Waals surface area contributed by atoms with Gasteiger partial charge in [0.05, 0.1) is 11.7 Å². The molecule has 0 aliphatic heterocycles. The number of aryl methyl sites for hydroxylation is 1. The number of nitrogens with zero attached hydrogens (tertiary/aromatic N) is 3.